The Kier molecular flexibility index (Phi) is 4.47. The van der Waals surface area contributed by atoms with Crippen molar-refractivity contribution < 1.29 is 4.39 Å². The SMILES string of the molecule is Cc1nn(C)cc1CNC(c1ccc(F)cc1)C(C)(C)C. The summed E-state index contributed by atoms with van der Waals surface area (Å²) in [4.78, 5) is 0. The Morgan fingerprint density at radius 2 is 1.86 bits per heavy atom. The molecule has 0 spiro atoms. The zero-order valence-electron chi connectivity index (χ0n) is 13.4. The maximum Gasteiger partial charge on any atom is 0.123 e. The number of benzene rings is 1. The van der Waals surface area contributed by atoms with Gasteiger partial charge in [0.25, 0.3) is 0 Å². The molecule has 1 N–H and O–H groups in total. The van der Waals surface area contributed by atoms with Crippen molar-refractivity contribution in [3.05, 3.63) is 53.1 Å². The van der Waals surface area contributed by atoms with Crippen LogP contribution in [-0.2, 0) is 13.6 Å². The minimum Gasteiger partial charge on any atom is -0.305 e. The van der Waals surface area contributed by atoms with Gasteiger partial charge in [0, 0.05) is 31.4 Å². The Balaban J connectivity index is 2.18. The van der Waals surface area contributed by atoms with Crippen molar-refractivity contribution in [3.8, 4) is 0 Å². The molecule has 1 aromatic carbocycles. The summed E-state index contributed by atoms with van der Waals surface area (Å²) in [5.74, 6) is -0.200. The molecule has 0 saturated carbocycles. The lowest BCUT2D eigenvalue weighted by atomic mass is 9.82. The van der Waals surface area contributed by atoms with E-state index in [9.17, 15) is 4.39 Å². The fraction of sp³-hybridized carbons (Fsp3) is 0.471. The fourth-order valence-electron chi connectivity index (χ4n) is 2.61. The molecule has 1 unspecified atom stereocenters. The number of aryl methyl sites for hydroxylation is 2. The third kappa shape index (κ3) is 3.91. The summed E-state index contributed by atoms with van der Waals surface area (Å²) < 4.78 is 15.0. The smallest absolute Gasteiger partial charge is 0.123 e. The van der Waals surface area contributed by atoms with Crippen LogP contribution >= 0.6 is 0 Å². The van der Waals surface area contributed by atoms with Crippen LogP contribution in [0, 0.1) is 18.2 Å². The lowest BCUT2D eigenvalue weighted by Gasteiger charge is -2.32. The van der Waals surface area contributed by atoms with Gasteiger partial charge >= 0.3 is 0 Å². The third-order valence-corrected chi connectivity index (χ3v) is 3.68. The summed E-state index contributed by atoms with van der Waals surface area (Å²) in [6, 6.07) is 6.90. The molecule has 1 heterocycles. The predicted octanol–water partition coefficient (Wildman–Crippen LogP) is 3.74. The van der Waals surface area contributed by atoms with Crippen molar-refractivity contribution in [2.45, 2.75) is 40.3 Å². The summed E-state index contributed by atoms with van der Waals surface area (Å²) in [6.45, 7) is 9.32. The zero-order chi connectivity index (χ0) is 15.6. The molecule has 4 heteroatoms. The minimum atomic E-state index is -0.200. The fourth-order valence-corrected chi connectivity index (χ4v) is 2.61. The molecule has 0 aliphatic carbocycles. The topological polar surface area (TPSA) is 29.9 Å². The number of halogens is 1. The second-order valence-electron chi connectivity index (χ2n) is 6.64. The van der Waals surface area contributed by atoms with Crippen LogP contribution in [0.3, 0.4) is 0 Å². The molecule has 0 radical (unpaired) electrons. The van der Waals surface area contributed by atoms with E-state index in [-0.39, 0.29) is 17.3 Å². The maximum atomic E-state index is 13.1. The second-order valence-corrected chi connectivity index (χ2v) is 6.64. The highest BCUT2D eigenvalue weighted by molar-refractivity contribution is 5.23. The van der Waals surface area contributed by atoms with Gasteiger partial charge in [-0.3, -0.25) is 4.68 Å². The van der Waals surface area contributed by atoms with Gasteiger partial charge in [-0.1, -0.05) is 32.9 Å². The molecule has 0 aliphatic rings. The number of nitrogens with zero attached hydrogens (tertiary/aromatic N) is 2. The lowest BCUT2D eigenvalue weighted by Crippen LogP contribution is -2.32. The van der Waals surface area contributed by atoms with Gasteiger partial charge in [0.2, 0.25) is 0 Å². The van der Waals surface area contributed by atoms with Crippen molar-refractivity contribution in [2.75, 3.05) is 0 Å². The molecular weight excluding hydrogens is 265 g/mol. The summed E-state index contributed by atoms with van der Waals surface area (Å²) in [5.41, 5.74) is 3.37. The van der Waals surface area contributed by atoms with Crippen molar-refractivity contribution in [1.29, 1.82) is 0 Å². The Bertz CT molecular complexity index is 593. The van der Waals surface area contributed by atoms with E-state index in [0.717, 1.165) is 17.8 Å². The Morgan fingerprint density at radius 3 is 2.33 bits per heavy atom. The van der Waals surface area contributed by atoms with Gasteiger partial charge in [-0.2, -0.15) is 5.10 Å². The van der Waals surface area contributed by atoms with E-state index in [1.807, 2.05) is 37.0 Å². The van der Waals surface area contributed by atoms with Crippen LogP contribution in [0.4, 0.5) is 4.39 Å². The molecule has 1 atom stereocenters. The standard InChI is InChI=1S/C17H24FN3/c1-12-14(11-21(5)20-12)10-19-16(17(2,3)4)13-6-8-15(18)9-7-13/h6-9,11,16,19H,10H2,1-5H3. The maximum absolute atomic E-state index is 13.1. The number of aromatic nitrogens is 2. The van der Waals surface area contributed by atoms with Crippen LogP contribution in [0.5, 0.6) is 0 Å². The Hall–Kier alpha value is -1.68. The molecular formula is C17H24FN3. The molecule has 114 valence electrons. The Morgan fingerprint density at radius 1 is 1.24 bits per heavy atom. The summed E-state index contributed by atoms with van der Waals surface area (Å²) in [7, 11) is 1.93. The van der Waals surface area contributed by atoms with E-state index in [1.165, 1.54) is 17.7 Å². The lowest BCUT2D eigenvalue weighted by molar-refractivity contribution is 0.270. The number of hydrogen-bond donors (Lipinski definition) is 1. The first kappa shape index (κ1) is 15.7. The molecule has 0 bridgehead atoms. The van der Waals surface area contributed by atoms with Gasteiger partial charge in [0.1, 0.15) is 5.82 Å². The number of hydrogen-bond acceptors (Lipinski definition) is 2. The summed E-state index contributed by atoms with van der Waals surface area (Å²) >= 11 is 0. The monoisotopic (exact) mass is 289 g/mol. The molecule has 1 aromatic heterocycles. The van der Waals surface area contributed by atoms with Crippen LogP contribution < -0.4 is 5.32 Å². The zero-order valence-corrected chi connectivity index (χ0v) is 13.4. The van der Waals surface area contributed by atoms with Gasteiger partial charge in [-0.05, 0) is 30.0 Å². The van der Waals surface area contributed by atoms with Crippen molar-refractivity contribution >= 4 is 0 Å². The van der Waals surface area contributed by atoms with E-state index < -0.39 is 0 Å². The average Bonchev–Trinajstić information content (AvgIpc) is 2.69. The first-order valence-electron chi connectivity index (χ1n) is 7.25. The second kappa shape index (κ2) is 5.98. The quantitative estimate of drug-likeness (QED) is 0.929. The van der Waals surface area contributed by atoms with E-state index in [1.54, 1.807) is 0 Å². The molecule has 0 amide bonds. The highest BCUT2D eigenvalue weighted by atomic mass is 19.1. The molecule has 21 heavy (non-hydrogen) atoms. The third-order valence-electron chi connectivity index (χ3n) is 3.68. The molecule has 0 aliphatic heterocycles. The van der Waals surface area contributed by atoms with Crippen LogP contribution in [0.25, 0.3) is 0 Å². The van der Waals surface area contributed by atoms with E-state index in [0.29, 0.717) is 0 Å². The first-order chi connectivity index (χ1) is 9.77. The van der Waals surface area contributed by atoms with Crippen LogP contribution in [0.1, 0.15) is 43.6 Å². The Labute approximate surface area is 126 Å². The normalized spacial score (nSPS) is 13.4. The van der Waals surface area contributed by atoms with E-state index in [4.69, 9.17) is 0 Å². The van der Waals surface area contributed by atoms with Gasteiger partial charge in [0.15, 0.2) is 0 Å². The van der Waals surface area contributed by atoms with E-state index in [2.05, 4.69) is 31.2 Å². The van der Waals surface area contributed by atoms with Crippen molar-refractivity contribution in [3.63, 3.8) is 0 Å². The highest BCUT2D eigenvalue weighted by Gasteiger charge is 2.26. The van der Waals surface area contributed by atoms with E-state index >= 15 is 0 Å². The van der Waals surface area contributed by atoms with Crippen LogP contribution in [0.15, 0.2) is 30.5 Å². The van der Waals surface area contributed by atoms with Gasteiger partial charge in [-0.25, -0.2) is 4.39 Å². The average molecular weight is 289 g/mol. The molecule has 0 fully saturated rings. The summed E-state index contributed by atoms with van der Waals surface area (Å²) in [5, 5.41) is 7.95. The van der Waals surface area contributed by atoms with Crippen molar-refractivity contribution in [1.82, 2.24) is 15.1 Å². The van der Waals surface area contributed by atoms with Gasteiger partial charge < -0.3 is 5.32 Å². The highest BCUT2D eigenvalue weighted by Crippen LogP contribution is 2.33. The van der Waals surface area contributed by atoms with Crippen LogP contribution in [0.2, 0.25) is 0 Å². The molecule has 0 saturated heterocycles. The first-order valence-corrected chi connectivity index (χ1v) is 7.25. The van der Waals surface area contributed by atoms with Crippen molar-refractivity contribution in [2.24, 2.45) is 12.5 Å². The number of nitrogens with one attached hydrogen (secondary N) is 1. The summed E-state index contributed by atoms with van der Waals surface area (Å²) in [6.07, 6.45) is 2.03. The largest absolute Gasteiger partial charge is 0.305 e. The molecule has 3 nitrogen and oxygen atoms in total. The molecule has 2 rings (SSSR count). The number of rotatable bonds is 4. The van der Waals surface area contributed by atoms with Crippen LogP contribution in [-0.4, -0.2) is 9.78 Å². The van der Waals surface area contributed by atoms with Gasteiger partial charge in [-0.15, -0.1) is 0 Å². The predicted molar refractivity (Wildman–Crippen MR) is 83.4 cm³/mol. The minimum absolute atomic E-state index is 0.0357. The van der Waals surface area contributed by atoms with Gasteiger partial charge in [0.05, 0.1) is 5.69 Å². The molecule has 2 aromatic rings.